The van der Waals surface area contributed by atoms with Gasteiger partial charge in [0.25, 0.3) is 0 Å². The number of hydrogen-bond donors (Lipinski definition) is 1. The molecule has 6 nitrogen and oxygen atoms in total. The van der Waals surface area contributed by atoms with E-state index in [0.29, 0.717) is 32.7 Å². The second kappa shape index (κ2) is 13.7. The van der Waals surface area contributed by atoms with E-state index >= 15 is 0 Å². The van der Waals surface area contributed by atoms with Gasteiger partial charge in [0.2, 0.25) is 5.91 Å². The number of anilines is 1. The molecule has 2 aromatic carbocycles. The highest BCUT2D eigenvalue weighted by Gasteiger charge is 2.22. The molecule has 0 radical (unpaired) electrons. The lowest BCUT2D eigenvalue weighted by Gasteiger charge is -2.28. The number of amides is 3. The third kappa shape index (κ3) is 8.53. The first kappa shape index (κ1) is 26.4. The van der Waals surface area contributed by atoms with Crippen molar-refractivity contribution in [1.82, 2.24) is 9.80 Å². The van der Waals surface area contributed by atoms with Crippen LogP contribution in [0, 0.1) is 6.92 Å². The van der Waals surface area contributed by atoms with Crippen molar-refractivity contribution in [2.24, 2.45) is 0 Å². The average molecular weight is 494 g/mol. The summed E-state index contributed by atoms with van der Waals surface area (Å²) in [6.07, 6.45) is 1.53. The SMILES string of the molecule is CCc1cccc(NC(=O)N(CCCOC)CC(=O)N(Cc2ccccc2)Cc2ccc(C)s2)c1. The van der Waals surface area contributed by atoms with Crippen LogP contribution in [0.15, 0.2) is 66.7 Å². The minimum atomic E-state index is -0.283. The molecular weight excluding hydrogens is 458 g/mol. The molecule has 0 bridgehead atoms. The number of methoxy groups -OCH3 is 1. The fraction of sp³-hybridized carbons (Fsp3) is 0.357. The van der Waals surface area contributed by atoms with Crippen LogP contribution in [-0.2, 0) is 29.0 Å². The van der Waals surface area contributed by atoms with Gasteiger partial charge in [-0.1, -0.05) is 49.4 Å². The van der Waals surface area contributed by atoms with Crippen molar-refractivity contribution < 1.29 is 14.3 Å². The van der Waals surface area contributed by atoms with E-state index in [1.165, 1.54) is 4.88 Å². The van der Waals surface area contributed by atoms with Gasteiger partial charge in [0.1, 0.15) is 6.54 Å². The van der Waals surface area contributed by atoms with Crippen LogP contribution in [0.1, 0.15) is 34.2 Å². The first-order valence-electron chi connectivity index (χ1n) is 12.0. The van der Waals surface area contributed by atoms with Crippen molar-refractivity contribution in [2.45, 2.75) is 39.8 Å². The summed E-state index contributed by atoms with van der Waals surface area (Å²) in [5.41, 5.74) is 2.93. The summed E-state index contributed by atoms with van der Waals surface area (Å²) in [5, 5.41) is 2.97. The Labute approximate surface area is 212 Å². The highest BCUT2D eigenvalue weighted by atomic mass is 32.1. The van der Waals surface area contributed by atoms with Gasteiger partial charge in [-0.15, -0.1) is 11.3 Å². The van der Waals surface area contributed by atoms with E-state index in [0.717, 1.165) is 28.1 Å². The van der Waals surface area contributed by atoms with Gasteiger partial charge in [-0.25, -0.2) is 4.79 Å². The predicted molar refractivity (Wildman–Crippen MR) is 143 cm³/mol. The lowest BCUT2D eigenvalue weighted by atomic mass is 10.1. The molecule has 0 aliphatic carbocycles. The van der Waals surface area contributed by atoms with Crippen molar-refractivity contribution in [3.8, 4) is 0 Å². The minimum absolute atomic E-state index is 0.000205. The maximum absolute atomic E-state index is 13.5. The van der Waals surface area contributed by atoms with Gasteiger partial charge < -0.3 is 19.9 Å². The number of carbonyl (C=O) groups is 2. The molecule has 1 heterocycles. The molecule has 3 aromatic rings. The number of aryl methyl sites for hydroxylation is 2. The highest BCUT2D eigenvalue weighted by molar-refractivity contribution is 7.11. The van der Waals surface area contributed by atoms with Crippen LogP contribution in [-0.4, -0.2) is 48.5 Å². The number of urea groups is 1. The number of nitrogens with zero attached hydrogens (tertiary/aromatic N) is 2. The van der Waals surface area contributed by atoms with Crippen LogP contribution in [0.2, 0.25) is 0 Å². The molecular formula is C28H35N3O3S. The summed E-state index contributed by atoms with van der Waals surface area (Å²) in [4.78, 5) is 32.5. The third-order valence-corrected chi connectivity index (χ3v) is 6.67. The summed E-state index contributed by atoms with van der Waals surface area (Å²) in [6, 6.07) is 21.6. The molecule has 0 unspecified atom stereocenters. The number of thiophene rings is 1. The topological polar surface area (TPSA) is 61.9 Å². The molecule has 35 heavy (non-hydrogen) atoms. The Balaban J connectivity index is 1.75. The second-order valence-corrected chi connectivity index (χ2v) is 9.87. The molecule has 7 heteroatoms. The zero-order valence-corrected chi connectivity index (χ0v) is 21.6. The predicted octanol–water partition coefficient (Wildman–Crippen LogP) is 5.72. The first-order chi connectivity index (χ1) is 17.0. The Bertz CT molecular complexity index is 1080. The Kier molecular flexibility index (Phi) is 10.3. The Morgan fingerprint density at radius 3 is 2.40 bits per heavy atom. The maximum atomic E-state index is 13.5. The molecule has 0 aliphatic rings. The van der Waals surface area contributed by atoms with Crippen molar-refractivity contribution in [3.05, 3.63) is 87.6 Å². The molecule has 0 atom stereocenters. The van der Waals surface area contributed by atoms with Crippen LogP contribution in [0.4, 0.5) is 10.5 Å². The summed E-state index contributed by atoms with van der Waals surface area (Å²) >= 11 is 1.69. The van der Waals surface area contributed by atoms with Crippen LogP contribution in [0.3, 0.4) is 0 Å². The zero-order chi connectivity index (χ0) is 25.0. The van der Waals surface area contributed by atoms with E-state index in [2.05, 4.69) is 31.3 Å². The number of hydrogen-bond acceptors (Lipinski definition) is 4. The molecule has 0 spiro atoms. The van der Waals surface area contributed by atoms with Crippen molar-refractivity contribution >= 4 is 29.0 Å². The summed E-state index contributed by atoms with van der Waals surface area (Å²) in [5.74, 6) is -0.0882. The zero-order valence-electron chi connectivity index (χ0n) is 20.8. The summed E-state index contributed by atoms with van der Waals surface area (Å²) < 4.78 is 5.18. The Morgan fingerprint density at radius 1 is 0.943 bits per heavy atom. The standard InChI is InChI=1S/C28H35N3O3S/c1-4-23-12-8-13-25(18-23)29-28(33)30(16-9-17-34-3)21-27(32)31(19-24-10-6-5-7-11-24)20-26-15-14-22(2)35-26/h5-8,10-15,18H,4,9,16-17,19-21H2,1-3H3,(H,29,33). The van der Waals surface area contributed by atoms with Crippen molar-refractivity contribution in [2.75, 3.05) is 32.1 Å². The van der Waals surface area contributed by atoms with Crippen LogP contribution in [0.25, 0.3) is 0 Å². The van der Waals surface area contributed by atoms with Crippen molar-refractivity contribution in [1.29, 1.82) is 0 Å². The number of ether oxygens (including phenoxy) is 1. The number of rotatable bonds is 12. The number of carbonyl (C=O) groups excluding carboxylic acids is 2. The van der Waals surface area contributed by atoms with Gasteiger partial charge >= 0.3 is 6.03 Å². The Hall–Kier alpha value is -3.16. The largest absolute Gasteiger partial charge is 0.385 e. The fourth-order valence-corrected chi connectivity index (χ4v) is 4.69. The quantitative estimate of drug-likeness (QED) is 0.328. The lowest BCUT2D eigenvalue weighted by Crippen LogP contribution is -2.44. The van der Waals surface area contributed by atoms with E-state index in [1.54, 1.807) is 23.3 Å². The van der Waals surface area contributed by atoms with Gasteiger partial charge in [0.15, 0.2) is 0 Å². The maximum Gasteiger partial charge on any atom is 0.322 e. The van der Waals surface area contributed by atoms with Gasteiger partial charge in [-0.05, 0) is 55.2 Å². The first-order valence-corrected chi connectivity index (χ1v) is 12.8. The molecule has 0 saturated heterocycles. The molecule has 186 valence electrons. The van der Waals surface area contributed by atoms with E-state index < -0.39 is 0 Å². The van der Waals surface area contributed by atoms with E-state index in [9.17, 15) is 9.59 Å². The second-order valence-electron chi connectivity index (χ2n) is 8.50. The molecule has 3 rings (SSSR count). The molecule has 0 fully saturated rings. The number of nitrogens with one attached hydrogen (secondary N) is 1. The lowest BCUT2D eigenvalue weighted by molar-refractivity contribution is -0.133. The molecule has 1 N–H and O–H groups in total. The van der Waals surface area contributed by atoms with Gasteiger partial charge in [-0.3, -0.25) is 4.79 Å². The van der Waals surface area contributed by atoms with E-state index in [1.807, 2.05) is 59.5 Å². The minimum Gasteiger partial charge on any atom is -0.385 e. The van der Waals surface area contributed by atoms with Crippen LogP contribution >= 0.6 is 11.3 Å². The van der Waals surface area contributed by atoms with Crippen LogP contribution in [0.5, 0.6) is 0 Å². The van der Waals surface area contributed by atoms with Crippen LogP contribution < -0.4 is 5.32 Å². The smallest absolute Gasteiger partial charge is 0.322 e. The summed E-state index contributed by atoms with van der Waals surface area (Å²) in [6.45, 7) is 6.09. The monoisotopic (exact) mass is 493 g/mol. The molecule has 0 saturated carbocycles. The van der Waals surface area contributed by atoms with E-state index in [4.69, 9.17) is 4.74 Å². The Morgan fingerprint density at radius 2 is 1.71 bits per heavy atom. The normalized spacial score (nSPS) is 10.7. The molecule has 3 amide bonds. The number of benzene rings is 2. The molecule has 1 aromatic heterocycles. The van der Waals surface area contributed by atoms with Gasteiger partial charge in [-0.2, -0.15) is 0 Å². The average Bonchev–Trinajstić information content (AvgIpc) is 3.28. The summed E-state index contributed by atoms with van der Waals surface area (Å²) in [7, 11) is 1.64. The molecule has 0 aliphatic heterocycles. The highest BCUT2D eigenvalue weighted by Crippen LogP contribution is 2.19. The van der Waals surface area contributed by atoms with E-state index in [-0.39, 0.29) is 18.5 Å². The third-order valence-electron chi connectivity index (χ3n) is 5.69. The van der Waals surface area contributed by atoms with Gasteiger partial charge in [0, 0.05) is 42.2 Å². The van der Waals surface area contributed by atoms with Crippen molar-refractivity contribution in [3.63, 3.8) is 0 Å². The fourth-order valence-electron chi connectivity index (χ4n) is 3.78. The van der Waals surface area contributed by atoms with Gasteiger partial charge in [0.05, 0.1) is 6.54 Å².